The molecule has 72 valence electrons. The molecule has 1 heterocycles. The van der Waals surface area contributed by atoms with Gasteiger partial charge in [0.2, 0.25) is 5.56 Å². The van der Waals surface area contributed by atoms with Crippen LogP contribution >= 0.6 is 15.9 Å². The molecule has 1 aromatic carbocycles. The Balaban J connectivity index is 2.96. The first kappa shape index (κ1) is 9.46. The van der Waals surface area contributed by atoms with E-state index in [9.17, 15) is 4.79 Å². The third-order valence-corrected chi connectivity index (χ3v) is 3.18. The lowest BCUT2D eigenvalue weighted by Gasteiger charge is -2.04. The van der Waals surface area contributed by atoms with Crippen LogP contribution in [0.25, 0.3) is 10.9 Å². The van der Waals surface area contributed by atoms with Gasteiger partial charge in [-0.3, -0.25) is 4.79 Å². The quantitative estimate of drug-likeness (QED) is 0.768. The van der Waals surface area contributed by atoms with Gasteiger partial charge in [0.15, 0.2) is 0 Å². The molecular weight excluding hydrogens is 242 g/mol. The maximum atomic E-state index is 11.2. The van der Waals surface area contributed by atoms with Gasteiger partial charge >= 0.3 is 0 Å². The summed E-state index contributed by atoms with van der Waals surface area (Å²) in [5.74, 6) is 0. The van der Waals surface area contributed by atoms with Crippen molar-refractivity contribution in [3.8, 4) is 0 Å². The number of rotatable bonds is 0. The van der Waals surface area contributed by atoms with Crippen LogP contribution in [-0.2, 0) is 0 Å². The number of nitrogens with one attached hydrogen (secondary N) is 1. The van der Waals surface area contributed by atoms with E-state index in [0.29, 0.717) is 0 Å². The van der Waals surface area contributed by atoms with E-state index < -0.39 is 0 Å². The Hall–Kier alpha value is -1.09. The van der Waals surface area contributed by atoms with Crippen molar-refractivity contribution >= 4 is 26.8 Å². The van der Waals surface area contributed by atoms with E-state index in [0.717, 1.165) is 26.5 Å². The molecule has 1 N–H and O–H groups in total. The van der Waals surface area contributed by atoms with Gasteiger partial charge < -0.3 is 4.98 Å². The zero-order valence-corrected chi connectivity index (χ0v) is 9.60. The average Bonchev–Trinajstić information content (AvgIpc) is 2.08. The van der Waals surface area contributed by atoms with Crippen molar-refractivity contribution in [3.05, 3.63) is 44.2 Å². The summed E-state index contributed by atoms with van der Waals surface area (Å²) in [5, 5.41) is 1.09. The molecule has 0 atom stereocenters. The fourth-order valence-corrected chi connectivity index (χ4v) is 1.90. The van der Waals surface area contributed by atoms with Crippen LogP contribution in [0.1, 0.15) is 11.1 Å². The Morgan fingerprint density at radius 2 is 1.86 bits per heavy atom. The Labute approximate surface area is 90.1 Å². The molecule has 0 aliphatic heterocycles. The zero-order chi connectivity index (χ0) is 10.3. The fraction of sp³-hybridized carbons (Fsp3) is 0.182. The van der Waals surface area contributed by atoms with Gasteiger partial charge in [-0.25, -0.2) is 0 Å². The fourth-order valence-electron chi connectivity index (χ4n) is 1.55. The van der Waals surface area contributed by atoms with E-state index in [2.05, 4.69) is 20.9 Å². The monoisotopic (exact) mass is 251 g/mol. The zero-order valence-electron chi connectivity index (χ0n) is 8.02. The summed E-state index contributed by atoms with van der Waals surface area (Å²) in [6, 6.07) is 5.63. The van der Waals surface area contributed by atoms with Gasteiger partial charge in [0, 0.05) is 21.4 Å². The van der Waals surface area contributed by atoms with Crippen molar-refractivity contribution in [2.75, 3.05) is 0 Å². The number of H-pyrrole nitrogens is 1. The summed E-state index contributed by atoms with van der Waals surface area (Å²) in [5.41, 5.74) is 2.98. The molecule has 0 radical (unpaired) electrons. The maximum Gasteiger partial charge on any atom is 0.248 e. The summed E-state index contributed by atoms with van der Waals surface area (Å²) in [4.78, 5) is 14.1. The number of benzene rings is 1. The number of fused-ring (bicyclic) bond motifs is 1. The number of pyridine rings is 1. The minimum atomic E-state index is -0.0447. The van der Waals surface area contributed by atoms with Crippen LogP contribution in [-0.4, -0.2) is 4.98 Å². The molecule has 0 fully saturated rings. The van der Waals surface area contributed by atoms with Crippen LogP contribution in [0, 0.1) is 13.8 Å². The molecule has 0 spiro atoms. The van der Waals surface area contributed by atoms with E-state index in [1.54, 1.807) is 6.07 Å². The second-order valence-corrected chi connectivity index (χ2v) is 4.32. The highest BCUT2D eigenvalue weighted by molar-refractivity contribution is 9.10. The highest BCUT2D eigenvalue weighted by atomic mass is 79.9. The van der Waals surface area contributed by atoms with Gasteiger partial charge in [0.1, 0.15) is 0 Å². The first-order valence-electron chi connectivity index (χ1n) is 4.38. The molecule has 0 aliphatic rings. The standard InChI is InChI=1S/C11H10BrNO/c1-6-4-11(14)13-10-3-7(2)9(12)5-8(6)10/h3-5H,1-2H3,(H,13,14). The van der Waals surface area contributed by atoms with Crippen LogP contribution in [0.2, 0.25) is 0 Å². The molecule has 0 aliphatic carbocycles. The molecule has 0 unspecified atom stereocenters. The lowest BCUT2D eigenvalue weighted by molar-refractivity contribution is 1.27. The molecule has 14 heavy (non-hydrogen) atoms. The van der Waals surface area contributed by atoms with Crippen molar-refractivity contribution in [2.45, 2.75) is 13.8 Å². The van der Waals surface area contributed by atoms with Crippen LogP contribution in [0.15, 0.2) is 27.5 Å². The smallest absolute Gasteiger partial charge is 0.248 e. The molecular formula is C11H10BrNO. The Kier molecular flexibility index (Phi) is 2.19. The molecule has 2 aromatic rings. The second kappa shape index (κ2) is 3.24. The number of aromatic nitrogens is 1. The Bertz CT molecular complexity index is 557. The minimum absolute atomic E-state index is 0.0447. The van der Waals surface area contributed by atoms with Gasteiger partial charge in [-0.05, 0) is 37.1 Å². The maximum absolute atomic E-state index is 11.2. The molecule has 2 rings (SSSR count). The number of hydrogen-bond donors (Lipinski definition) is 1. The largest absolute Gasteiger partial charge is 0.322 e. The third-order valence-electron chi connectivity index (χ3n) is 2.33. The number of aryl methyl sites for hydroxylation is 2. The summed E-state index contributed by atoms with van der Waals surface area (Å²) >= 11 is 3.48. The summed E-state index contributed by atoms with van der Waals surface area (Å²) < 4.78 is 1.07. The first-order chi connectivity index (χ1) is 6.58. The normalized spacial score (nSPS) is 10.8. The van der Waals surface area contributed by atoms with Crippen molar-refractivity contribution in [2.24, 2.45) is 0 Å². The van der Waals surface area contributed by atoms with E-state index in [-0.39, 0.29) is 5.56 Å². The summed E-state index contributed by atoms with van der Waals surface area (Å²) in [6.45, 7) is 3.95. The molecule has 0 amide bonds. The van der Waals surface area contributed by atoms with Gasteiger partial charge in [0.25, 0.3) is 0 Å². The van der Waals surface area contributed by atoms with Crippen LogP contribution < -0.4 is 5.56 Å². The van der Waals surface area contributed by atoms with Crippen LogP contribution in [0.4, 0.5) is 0 Å². The van der Waals surface area contributed by atoms with Crippen molar-refractivity contribution in [1.29, 1.82) is 0 Å². The van der Waals surface area contributed by atoms with Gasteiger partial charge in [-0.2, -0.15) is 0 Å². The van der Waals surface area contributed by atoms with Gasteiger partial charge in [0.05, 0.1) is 0 Å². The van der Waals surface area contributed by atoms with Crippen LogP contribution in [0.5, 0.6) is 0 Å². The van der Waals surface area contributed by atoms with Gasteiger partial charge in [-0.1, -0.05) is 15.9 Å². The van der Waals surface area contributed by atoms with Crippen LogP contribution in [0.3, 0.4) is 0 Å². The number of aromatic amines is 1. The van der Waals surface area contributed by atoms with E-state index in [4.69, 9.17) is 0 Å². The number of hydrogen-bond acceptors (Lipinski definition) is 1. The molecule has 0 saturated heterocycles. The lowest BCUT2D eigenvalue weighted by atomic mass is 10.1. The molecule has 0 bridgehead atoms. The van der Waals surface area contributed by atoms with Gasteiger partial charge in [-0.15, -0.1) is 0 Å². The lowest BCUT2D eigenvalue weighted by Crippen LogP contribution is -2.04. The molecule has 0 saturated carbocycles. The predicted octanol–water partition coefficient (Wildman–Crippen LogP) is 2.91. The molecule has 1 aromatic heterocycles. The third kappa shape index (κ3) is 1.48. The van der Waals surface area contributed by atoms with E-state index >= 15 is 0 Å². The van der Waals surface area contributed by atoms with Crippen molar-refractivity contribution in [1.82, 2.24) is 4.98 Å². The second-order valence-electron chi connectivity index (χ2n) is 3.46. The minimum Gasteiger partial charge on any atom is -0.322 e. The number of halogens is 1. The topological polar surface area (TPSA) is 32.9 Å². The van der Waals surface area contributed by atoms with Crippen molar-refractivity contribution in [3.63, 3.8) is 0 Å². The molecule has 3 heteroatoms. The van der Waals surface area contributed by atoms with E-state index in [1.165, 1.54) is 0 Å². The average molecular weight is 252 g/mol. The highest BCUT2D eigenvalue weighted by Crippen LogP contribution is 2.23. The highest BCUT2D eigenvalue weighted by Gasteiger charge is 2.02. The SMILES string of the molecule is Cc1cc2[nH]c(=O)cc(C)c2cc1Br. The molecule has 2 nitrogen and oxygen atoms in total. The Morgan fingerprint density at radius 1 is 1.14 bits per heavy atom. The summed E-state index contributed by atoms with van der Waals surface area (Å²) in [7, 11) is 0. The Morgan fingerprint density at radius 3 is 2.57 bits per heavy atom. The predicted molar refractivity (Wildman–Crippen MR) is 61.7 cm³/mol. The van der Waals surface area contributed by atoms with E-state index in [1.807, 2.05) is 26.0 Å². The van der Waals surface area contributed by atoms with Crippen molar-refractivity contribution < 1.29 is 0 Å². The summed E-state index contributed by atoms with van der Waals surface area (Å²) in [6.07, 6.45) is 0. The first-order valence-corrected chi connectivity index (χ1v) is 5.17.